The highest BCUT2D eigenvalue weighted by atomic mass is 15.2. The molecule has 0 unspecified atom stereocenters. The minimum Gasteiger partial charge on any atom is -0.300 e. The summed E-state index contributed by atoms with van der Waals surface area (Å²) in [7, 11) is 2.39. The maximum atomic E-state index is 2.74. The number of hydrogen-bond acceptors (Lipinski definition) is 1. The Morgan fingerprint density at radius 2 is 1.67 bits per heavy atom. The van der Waals surface area contributed by atoms with Crippen LogP contribution in [0.3, 0.4) is 0 Å². The molecule has 0 bridgehead atoms. The average molecular weight is 330 g/mol. The zero-order chi connectivity index (χ0) is 17.4. The molecule has 0 amide bonds. The van der Waals surface area contributed by atoms with E-state index >= 15 is 0 Å². The first-order valence-corrected chi connectivity index (χ1v) is 10.5. The van der Waals surface area contributed by atoms with E-state index in [2.05, 4.69) is 57.0 Å². The van der Waals surface area contributed by atoms with Crippen molar-refractivity contribution in [2.75, 3.05) is 7.05 Å². The molecule has 0 saturated carbocycles. The van der Waals surface area contributed by atoms with E-state index in [0.29, 0.717) is 5.92 Å². The van der Waals surface area contributed by atoms with Crippen molar-refractivity contribution in [3.05, 3.63) is 35.4 Å². The first kappa shape index (κ1) is 19.5. The molecular weight excluding hydrogens is 290 g/mol. The van der Waals surface area contributed by atoms with Crippen LogP contribution in [0.25, 0.3) is 0 Å². The molecule has 2 rings (SSSR count). The normalized spacial score (nSPS) is 22.8. The lowest BCUT2D eigenvalue weighted by atomic mass is 9.86. The van der Waals surface area contributed by atoms with Crippen LogP contribution in [0, 0.1) is 6.92 Å². The van der Waals surface area contributed by atoms with Gasteiger partial charge in [0.15, 0.2) is 0 Å². The summed E-state index contributed by atoms with van der Waals surface area (Å²) in [5.41, 5.74) is 2.93. The van der Waals surface area contributed by atoms with Crippen LogP contribution < -0.4 is 0 Å². The molecule has 0 radical (unpaired) electrons. The molecule has 1 aliphatic heterocycles. The van der Waals surface area contributed by atoms with Crippen LogP contribution >= 0.6 is 0 Å². The largest absolute Gasteiger partial charge is 0.300 e. The van der Waals surface area contributed by atoms with Crippen molar-refractivity contribution in [1.82, 2.24) is 4.90 Å². The number of hydrogen-bond donors (Lipinski definition) is 0. The zero-order valence-corrected chi connectivity index (χ0v) is 16.6. The van der Waals surface area contributed by atoms with Gasteiger partial charge in [0, 0.05) is 12.1 Å². The second kappa shape index (κ2) is 10.2. The first-order chi connectivity index (χ1) is 11.7. The van der Waals surface area contributed by atoms with Gasteiger partial charge in [0.1, 0.15) is 0 Å². The fourth-order valence-corrected chi connectivity index (χ4v) is 4.56. The van der Waals surface area contributed by atoms with Crippen LogP contribution in [0.1, 0.15) is 95.1 Å². The van der Waals surface area contributed by atoms with Gasteiger partial charge in [-0.2, -0.15) is 0 Å². The number of likely N-dealkylation sites (N-methyl/N-ethyl adjacent to an activating group) is 1. The predicted molar refractivity (Wildman–Crippen MR) is 107 cm³/mol. The van der Waals surface area contributed by atoms with Crippen LogP contribution in [0.5, 0.6) is 0 Å². The molecule has 0 N–H and O–H groups in total. The Labute approximate surface area is 150 Å². The highest BCUT2D eigenvalue weighted by Gasteiger charge is 2.35. The molecule has 1 aromatic rings. The Hall–Kier alpha value is -0.820. The van der Waals surface area contributed by atoms with E-state index in [1.807, 2.05) is 0 Å². The van der Waals surface area contributed by atoms with Crippen molar-refractivity contribution in [3.63, 3.8) is 0 Å². The number of likely N-dealkylation sites (tertiary alicyclic amines) is 1. The molecule has 1 fully saturated rings. The summed E-state index contributed by atoms with van der Waals surface area (Å²) in [6.45, 7) is 6.82. The molecule has 24 heavy (non-hydrogen) atoms. The SMILES string of the molecule is CCCCCCC[C@H]1CC[C@H]([C@H](CCC)c2ccc(C)cc2)N1C. The van der Waals surface area contributed by atoms with E-state index < -0.39 is 0 Å². The van der Waals surface area contributed by atoms with E-state index in [4.69, 9.17) is 0 Å². The van der Waals surface area contributed by atoms with Gasteiger partial charge < -0.3 is 0 Å². The van der Waals surface area contributed by atoms with E-state index in [1.165, 1.54) is 69.8 Å². The molecule has 1 nitrogen and oxygen atoms in total. The lowest BCUT2D eigenvalue weighted by molar-refractivity contribution is 0.198. The summed E-state index contributed by atoms with van der Waals surface area (Å²) in [6.07, 6.45) is 13.8. The number of unbranched alkanes of at least 4 members (excludes halogenated alkanes) is 4. The average Bonchev–Trinajstić information content (AvgIpc) is 2.94. The van der Waals surface area contributed by atoms with Crippen LogP contribution in [-0.2, 0) is 0 Å². The van der Waals surface area contributed by atoms with Gasteiger partial charge >= 0.3 is 0 Å². The quantitative estimate of drug-likeness (QED) is 0.432. The molecule has 1 aliphatic rings. The number of rotatable bonds is 10. The predicted octanol–water partition coefficient (Wildman–Crippen LogP) is 6.70. The first-order valence-electron chi connectivity index (χ1n) is 10.5. The lowest BCUT2D eigenvalue weighted by Gasteiger charge is -2.32. The van der Waals surface area contributed by atoms with Crippen molar-refractivity contribution < 1.29 is 0 Å². The Bertz CT molecular complexity index is 450. The van der Waals surface area contributed by atoms with Gasteiger partial charge in [0.2, 0.25) is 0 Å². The number of nitrogens with zero attached hydrogens (tertiary/aromatic N) is 1. The summed E-state index contributed by atoms with van der Waals surface area (Å²) < 4.78 is 0. The van der Waals surface area contributed by atoms with Gasteiger partial charge in [-0.15, -0.1) is 0 Å². The Morgan fingerprint density at radius 1 is 0.958 bits per heavy atom. The third kappa shape index (κ3) is 5.34. The second-order valence-corrected chi connectivity index (χ2v) is 7.97. The van der Waals surface area contributed by atoms with Gasteiger partial charge in [0.05, 0.1) is 0 Å². The molecular formula is C23H39N. The minimum atomic E-state index is 0.714. The van der Waals surface area contributed by atoms with E-state index in [9.17, 15) is 0 Å². The van der Waals surface area contributed by atoms with E-state index in [-0.39, 0.29) is 0 Å². The van der Waals surface area contributed by atoms with Crippen molar-refractivity contribution in [3.8, 4) is 0 Å². The summed E-state index contributed by atoms with van der Waals surface area (Å²) >= 11 is 0. The summed E-state index contributed by atoms with van der Waals surface area (Å²) in [4.78, 5) is 2.74. The number of benzene rings is 1. The van der Waals surface area contributed by atoms with Gasteiger partial charge in [-0.3, -0.25) is 4.90 Å². The van der Waals surface area contributed by atoms with Gasteiger partial charge in [-0.1, -0.05) is 82.2 Å². The van der Waals surface area contributed by atoms with Crippen LogP contribution in [0.15, 0.2) is 24.3 Å². The third-order valence-corrected chi connectivity index (χ3v) is 6.11. The molecule has 3 atom stereocenters. The third-order valence-electron chi connectivity index (χ3n) is 6.11. The smallest absolute Gasteiger partial charge is 0.0164 e. The van der Waals surface area contributed by atoms with Crippen molar-refractivity contribution >= 4 is 0 Å². The van der Waals surface area contributed by atoms with Crippen molar-refractivity contribution in [1.29, 1.82) is 0 Å². The maximum absolute atomic E-state index is 2.74. The number of aryl methyl sites for hydroxylation is 1. The summed E-state index contributed by atoms with van der Waals surface area (Å²) in [5, 5.41) is 0. The summed E-state index contributed by atoms with van der Waals surface area (Å²) in [5.74, 6) is 0.714. The molecule has 0 aromatic heterocycles. The Morgan fingerprint density at radius 3 is 2.33 bits per heavy atom. The van der Waals surface area contributed by atoms with Crippen molar-refractivity contribution in [2.24, 2.45) is 0 Å². The molecule has 1 heteroatoms. The highest BCUT2D eigenvalue weighted by molar-refractivity contribution is 5.26. The van der Waals surface area contributed by atoms with Gasteiger partial charge in [0.25, 0.3) is 0 Å². The topological polar surface area (TPSA) is 3.24 Å². The fraction of sp³-hybridized carbons (Fsp3) is 0.739. The van der Waals surface area contributed by atoms with Crippen LogP contribution in [-0.4, -0.2) is 24.0 Å². The van der Waals surface area contributed by atoms with Crippen LogP contribution in [0.2, 0.25) is 0 Å². The Kier molecular flexibility index (Phi) is 8.32. The maximum Gasteiger partial charge on any atom is 0.0164 e. The Balaban J connectivity index is 1.92. The lowest BCUT2D eigenvalue weighted by Crippen LogP contribution is -2.36. The fourth-order valence-electron chi connectivity index (χ4n) is 4.56. The molecule has 136 valence electrons. The zero-order valence-electron chi connectivity index (χ0n) is 16.6. The minimum absolute atomic E-state index is 0.714. The molecule has 1 saturated heterocycles. The summed E-state index contributed by atoms with van der Waals surface area (Å²) in [6, 6.07) is 10.9. The van der Waals surface area contributed by atoms with Crippen LogP contribution in [0.4, 0.5) is 0 Å². The molecule has 0 aliphatic carbocycles. The standard InChI is InChI=1S/C23H39N/c1-5-7-8-9-10-12-21-17-18-23(24(21)4)22(11-6-2)20-15-13-19(3)14-16-20/h13-16,21-23H,5-12,17-18H2,1-4H3/t21-,22+,23+/m0/s1. The monoisotopic (exact) mass is 329 g/mol. The molecule has 1 heterocycles. The van der Waals surface area contributed by atoms with Crippen molar-refractivity contribution in [2.45, 2.75) is 103 Å². The van der Waals surface area contributed by atoms with E-state index in [1.54, 1.807) is 5.56 Å². The molecule has 0 spiro atoms. The second-order valence-electron chi connectivity index (χ2n) is 7.97. The van der Waals surface area contributed by atoms with Gasteiger partial charge in [-0.05, 0) is 51.1 Å². The highest BCUT2D eigenvalue weighted by Crippen LogP contribution is 2.37. The van der Waals surface area contributed by atoms with Gasteiger partial charge in [-0.25, -0.2) is 0 Å². The van der Waals surface area contributed by atoms with E-state index in [0.717, 1.165) is 12.1 Å². The molecule has 1 aromatic carbocycles.